The Hall–Kier alpha value is -0.810. The van der Waals surface area contributed by atoms with Gasteiger partial charge in [0.15, 0.2) is 0 Å². The van der Waals surface area contributed by atoms with Crippen molar-refractivity contribution >= 4 is 43.6 Å². The lowest BCUT2D eigenvalue weighted by atomic mass is 10.1. The summed E-state index contributed by atoms with van der Waals surface area (Å²) in [5, 5.41) is -5.41. The molecule has 2 aromatic rings. The average molecular weight is 513 g/mol. The van der Waals surface area contributed by atoms with Crippen molar-refractivity contribution in [3.05, 3.63) is 45.6 Å². The molecule has 0 aliphatic heterocycles. The first kappa shape index (κ1) is 20.5. The molecular weight excluding hydrogens is 507 g/mol. The molecule has 0 amide bonds. The van der Waals surface area contributed by atoms with E-state index in [2.05, 4.69) is 36.8 Å². The van der Waals surface area contributed by atoms with Crippen molar-refractivity contribution in [3.63, 3.8) is 0 Å². The van der Waals surface area contributed by atoms with Crippen molar-refractivity contribution in [2.75, 3.05) is 0 Å². The molecule has 25 heavy (non-hydrogen) atoms. The first-order valence-electron chi connectivity index (χ1n) is 6.27. The number of hydrogen-bond donors (Lipinski definition) is 0. The minimum absolute atomic E-state index is 0.0268. The van der Waals surface area contributed by atoms with E-state index in [1.807, 2.05) is 0 Å². The third-order valence-electron chi connectivity index (χ3n) is 2.93. The van der Waals surface area contributed by atoms with Gasteiger partial charge in [-0.05, 0) is 30.0 Å². The van der Waals surface area contributed by atoms with Gasteiger partial charge in [-0.25, -0.2) is 0 Å². The van der Waals surface area contributed by atoms with Crippen LogP contribution in [-0.2, 0) is 0 Å². The predicted molar refractivity (Wildman–Crippen MR) is 86.9 cm³/mol. The minimum Gasteiger partial charge on any atom is -0.264 e. The number of pyridine rings is 1. The van der Waals surface area contributed by atoms with Crippen LogP contribution in [0.1, 0.15) is 0 Å². The first-order valence-corrected chi connectivity index (χ1v) is 8.68. The summed E-state index contributed by atoms with van der Waals surface area (Å²) in [6.45, 7) is 0. The van der Waals surface area contributed by atoms with Gasteiger partial charge in [-0.2, -0.15) is 30.7 Å². The second-order valence-electron chi connectivity index (χ2n) is 4.69. The molecule has 2 rings (SSSR count). The van der Waals surface area contributed by atoms with E-state index in [1.165, 1.54) is 30.6 Å². The number of aromatic nitrogens is 1. The van der Waals surface area contributed by atoms with Crippen molar-refractivity contribution in [2.24, 2.45) is 0 Å². The molecule has 0 aliphatic rings. The quantitative estimate of drug-likeness (QED) is 0.318. The molecule has 0 radical (unpaired) electrons. The summed E-state index contributed by atoms with van der Waals surface area (Å²) in [5.41, 5.74) is 0.300. The fourth-order valence-corrected chi connectivity index (χ4v) is 4.56. The maximum Gasteiger partial charge on any atom is 0.460 e. The van der Waals surface area contributed by atoms with Gasteiger partial charge in [0.25, 0.3) is 0 Å². The SMILES string of the molecule is FC(F)(F)C(F)(F)C(F)(F)Sc1cc(Br)cc(Br)c1-c1cccnc1. The highest BCUT2D eigenvalue weighted by Gasteiger charge is 2.73. The van der Waals surface area contributed by atoms with E-state index < -0.39 is 34.0 Å². The van der Waals surface area contributed by atoms with E-state index >= 15 is 0 Å². The Morgan fingerprint density at radius 3 is 2.12 bits per heavy atom. The largest absolute Gasteiger partial charge is 0.460 e. The van der Waals surface area contributed by atoms with Crippen LogP contribution in [-0.4, -0.2) is 22.3 Å². The predicted octanol–water partition coefficient (Wildman–Crippen LogP) is 7.16. The summed E-state index contributed by atoms with van der Waals surface area (Å²) in [6, 6.07) is 5.43. The van der Waals surface area contributed by atoms with E-state index in [0.29, 0.717) is 0 Å². The van der Waals surface area contributed by atoms with Gasteiger partial charge in [-0.15, -0.1) is 0 Å². The topological polar surface area (TPSA) is 12.9 Å². The highest BCUT2D eigenvalue weighted by atomic mass is 79.9. The molecule has 0 unspecified atom stereocenters. The summed E-state index contributed by atoms with van der Waals surface area (Å²) < 4.78 is 91.4. The average Bonchev–Trinajstić information content (AvgIpc) is 2.45. The van der Waals surface area contributed by atoms with E-state index in [1.54, 1.807) is 0 Å². The lowest BCUT2D eigenvalue weighted by Crippen LogP contribution is -2.49. The van der Waals surface area contributed by atoms with E-state index in [4.69, 9.17) is 0 Å². The molecule has 0 N–H and O–H groups in total. The minimum atomic E-state index is -6.39. The lowest BCUT2D eigenvalue weighted by molar-refractivity contribution is -0.330. The molecule has 136 valence electrons. The van der Waals surface area contributed by atoms with Crippen LogP contribution in [0.25, 0.3) is 11.1 Å². The van der Waals surface area contributed by atoms with Gasteiger partial charge in [-0.3, -0.25) is 4.98 Å². The molecule has 1 heterocycles. The van der Waals surface area contributed by atoms with Gasteiger partial charge in [0.1, 0.15) is 0 Å². The van der Waals surface area contributed by atoms with Crippen molar-refractivity contribution < 1.29 is 30.7 Å². The molecule has 0 atom stereocenters. The number of halogens is 9. The van der Waals surface area contributed by atoms with Gasteiger partial charge in [0.05, 0.1) is 0 Å². The Balaban J connectivity index is 2.57. The Bertz CT molecular complexity index is 766. The van der Waals surface area contributed by atoms with Crippen molar-refractivity contribution in [3.8, 4) is 11.1 Å². The number of hydrogen-bond acceptors (Lipinski definition) is 2. The third-order valence-corrected chi connectivity index (χ3v) is 5.07. The number of nitrogens with zero attached hydrogens (tertiary/aromatic N) is 1. The van der Waals surface area contributed by atoms with Crippen molar-refractivity contribution in [1.82, 2.24) is 4.98 Å². The highest BCUT2D eigenvalue weighted by Crippen LogP contribution is 2.55. The maximum absolute atomic E-state index is 13.8. The molecule has 1 nitrogen and oxygen atoms in total. The molecule has 1 aromatic heterocycles. The summed E-state index contributed by atoms with van der Waals surface area (Å²) in [4.78, 5) is 3.32. The summed E-state index contributed by atoms with van der Waals surface area (Å²) in [5.74, 6) is -6.20. The van der Waals surface area contributed by atoms with Crippen molar-refractivity contribution in [1.29, 1.82) is 0 Å². The molecule has 0 spiro atoms. The normalized spacial score (nSPS) is 13.2. The van der Waals surface area contributed by atoms with Crippen LogP contribution in [0.15, 0.2) is 50.5 Å². The Morgan fingerprint density at radius 2 is 1.60 bits per heavy atom. The van der Waals surface area contributed by atoms with Crippen LogP contribution in [0.3, 0.4) is 0 Å². The molecule has 0 bridgehead atoms. The zero-order valence-corrected chi connectivity index (χ0v) is 15.7. The van der Waals surface area contributed by atoms with Gasteiger partial charge < -0.3 is 0 Å². The number of benzene rings is 1. The van der Waals surface area contributed by atoms with E-state index in [9.17, 15) is 30.7 Å². The second kappa shape index (κ2) is 7.07. The number of alkyl halides is 7. The molecule has 0 aliphatic carbocycles. The van der Waals surface area contributed by atoms with E-state index in [-0.39, 0.29) is 20.1 Å². The standard InChI is InChI=1S/C14H6Br2F7NS/c15-8-4-9(16)11(7-2-1-3-24-6-7)10(5-8)25-14(22,23)12(17,18)13(19,20)21/h1-6H. The number of rotatable bonds is 4. The lowest BCUT2D eigenvalue weighted by Gasteiger charge is -2.28. The van der Waals surface area contributed by atoms with Crippen LogP contribution in [0, 0.1) is 0 Å². The maximum atomic E-state index is 13.8. The van der Waals surface area contributed by atoms with Crippen LogP contribution < -0.4 is 0 Å². The van der Waals surface area contributed by atoms with E-state index in [0.717, 1.165) is 6.07 Å². The van der Waals surface area contributed by atoms with Crippen LogP contribution in [0.5, 0.6) is 0 Å². The Labute approximate surface area is 158 Å². The highest BCUT2D eigenvalue weighted by molar-refractivity contribution is 9.11. The molecule has 11 heteroatoms. The van der Waals surface area contributed by atoms with Gasteiger partial charge in [0.2, 0.25) is 0 Å². The first-order chi connectivity index (χ1) is 11.4. The fourth-order valence-electron chi connectivity index (χ4n) is 1.79. The zero-order chi connectivity index (χ0) is 19.0. The molecule has 0 fully saturated rings. The monoisotopic (exact) mass is 511 g/mol. The second-order valence-corrected chi connectivity index (χ2v) is 7.62. The van der Waals surface area contributed by atoms with Crippen LogP contribution in [0.4, 0.5) is 30.7 Å². The van der Waals surface area contributed by atoms with Gasteiger partial charge >= 0.3 is 17.4 Å². The van der Waals surface area contributed by atoms with Gasteiger partial charge in [-0.1, -0.05) is 37.9 Å². The Morgan fingerprint density at radius 1 is 0.960 bits per heavy atom. The Kier molecular flexibility index (Phi) is 5.80. The summed E-state index contributed by atoms with van der Waals surface area (Å²) in [7, 11) is 0. The third kappa shape index (κ3) is 4.13. The fraction of sp³-hybridized carbons (Fsp3) is 0.214. The number of thioether (sulfide) groups is 1. The molecule has 0 saturated carbocycles. The summed E-state index contributed by atoms with van der Waals surface area (Å²) >= 11 is 5.25. The summed E-state index contributed by atoms with van der Waals surface area (Å²) in [6.07, 6.45) is -3.71. The smallest absolute Gasteiger partial charge is 0.264 e. The molecule has 1 aromatic carbocycles. The van der Waals surface area contributed by atoms with Gasteiger partial charge in [0, 0.05) is 37.4 Å². The molecular formula is C14H6Br2F7NS. The van der Waals surface area contributed by atoms with Crippen molar-refractivity contribution in [2.45, 2.75) is 22.2 Å². The van der Waals surface area contributed by atoms with Crippen LogP contribution in [0.2, 0.25) is 0 Å². The zero-order valence-electron chi connectivity index (χ0n) is 11.7. The molecule has 0 saturated heterocycles. The van der Waals surface area contributed by atoms with Crippen LogP contribution >= 0.6 is 43.6 Å².